The highest BCUT2D eigenvalue weighted by atomic mass is 79.9. The second-order valence-electron chi connectivity index (χ2n) is 21.5. The molecule has 5 fully saturated rings. The van der Waals surface area contributed by atoms with Crippen LogP contribution in [0, 0.1) is 0 Å². The number of aliphatic hydroxyl groups excluding tert-OH is 1. The van der Waals surface area contributed by atoms with Crippen LogP contribution in [0.1, 0.15) is 63.2 Å². The van der Waals surface area contributed by atoms with Crippen LogP contribution in [0.15, 0.2) is 108 Å². The van der Waals surface area contributed by atoms with Gasteiger partial charge < -0.3 is 58.2 Å². The van der Waals surface area contributed by atoms with E-state index in [1.54, 1.807) is 0 Å². The Bertz CT molecular complexity index is 4620. The van der Waals surface area contributed by atoms with Crippen molar-refractivity contribution in [2.45, 2.75) is 124 Å². The molecule has 0 bridgehead atoms. The first kappa shape index (κ1) is 73.9. The number of nitrogens with one attached hydrogen (secondary N) is 5. The molecule has 5 aliphatic heterocycles. The minimum Gasteiger partial charge on any atom is -0.390 e. The maximum Gasteiger partial charge on any atom is 0.472 e. The maximum atomic E-state index is 14.0. The Morgan fingerprint density at radius 1 is 0.392 bits per heavy atom. The fourth-order valence-corrected chi connectivity index (χ4v) is 15.0. The van der Waals surface area contributed by atoms with Crippen LogP contribution < -0.4 is 56.2 Å². The number of aromatic amines is 5. The molecule has 97 heavy (non-hydrogen) atoms. The molecule has 5 aliphatic rings. The van der Waals surface area contributed by atoms with Gasteiger partial charge in [-0.25, -0.2) is 46.8 Å². The molecule has 5 saturated heterocycles. The van der Waals surface area contributed by atoms with Crippen molar-refractivity contribution in [3.05, 3.63) is 164 Å². The van der Waals surface area contributed by atoms with Gasteiger partial charge in [0.1, 0.15) is 86.1 Å². The lowest BCUT2D eigenvalue weighted by molar-refractivity contribution is -0.0650. The van der Waals surface area contributed by atoms with Crippen molar-refractivity contribution in [2.24, 2.45) is 0 Å². The van der Waals surface area contributed by atoms with Gasteiger partial charge in [-0.15, -0.1) is 0 Å². The van der Waals surface area contributed by atoms with Crippen molar-refractivity contribution in [3.8, 4) is 0 Å². The number of rotatable bonds is 28. The number of hydrogen-bond donors (Lipinski definition) is 12. The van der Waals surface area contributed by atoms with Gasteiger partial charge in [0.05, 0.1) is 43.6 Å². The van der Waals surface area contributed by atoms with Crippen LogP contribution >= 0.6 is 55.0 Å². The molecule has 19 atom stereocenters. The third-order valence-corrected chi connectivity index (χ3v) is 20.0. The summed E-state index contributed by atoms with van der Waals surface area (Å²) in [4.78, 5) is 196. The van der Waals surface area contributed by atoms with Gasteiger partial charge >= 0.3 is 67.6 Å². The summed E-state index contributed by atoms with van der Waals surface area (Å²) < 4.78 is 147. The van der Waals surface area contributed by atoms with E-state index in [1.165, 1.54) is 0 Å². The first-order chi connectivity index (χ1) is 45.4. The molecule has 12 N–H and O–H groups in total. The first-order valence-electron chi connectivity index (χ1n) is 28.0. The molecular formula is C45H56BrN10O36P5. The Morgan fingerprint density at radius 2 is 0.649 bits per heavy atom. The molecule has 0 amide bonds. The van der Waals surface area contributed by atoms with E-state index in [1.807, 2.05) is 24.9 Å². The molecule has 0 aromatic carbocycles. The molecule has 10 heterocycles. The van der Waals surface area contributed by atoms with E-state index in [0.717, 1.165) is 78.1 Å². The lowest BCUT2D eigenvalue weighted by atomic mass is 10.2. The van der Waals surface area contributed by atoms with Crippen molar-refractivity contribution >= 4 is 55.0 Å². The maximum absolute atomic E-state index is 14.0. The smallest absolute Gasteiger partial charge is 0.390 e. The Labute approximate surface area is 543 Å². The summed E-state index contributed by atoms with van der Waals surface area (Å²) in [5.41, 5.74) is -9.37. The predicted octanol–water partition coefficient (Wildman–Crippen LogP) is -3.58. The zero-order chi connectivity index (χ0) is 70.3. The fourth-order valence-electron chi connectivity index (χ4n) is 10.5. The Hall–Kier alpha value is -5.81. The lowest BCUT2D eigenvalue weighted by Crippen LogP contribution is -2.33. The van der Waals surface area contributed by atoms with E-state index in [9.17, 15) is 105 Å². The zero-order valence-corrected chi connectivity index (χ0v) is 54.8. The first-order valence-corrected chi connectivity index (χ1v) is 36.3. The quantitative estimate of drug-likeness (QED) is 0.0215. The van der Waals surface area contributed by atoms with Crippen LogP contribution in [0.2, 0.25) is 0 Å². The molecule has 534 valence electrons. The van der Waals surface area contributed by atoms with Crippen molar-refractivity contribution < 1.29 is 122 Å². The standard InChI is InChI=1S/C45H56BrN10O36P5/c46-20-14-56(45(67)51-40(20)62)39-13-25(92-97(77,78)82-17-28-23(11-37(86-28)54-7-3-33(60)49-43(54)65)90-94(71,72)80-15-26-21(57)9-35(84-26)52-5-1-31(58)47-41(52)63)30(88-39)19-83-96(75,76)91-24-12-38(55-8-4-34(61)50-44(55)66)87-29(24)18-81-95(73,74)89-22-10-36(53-6-2-32(59)48-42(53)64)85-27(22)16-79-93(68,69)70/h1-8,14,21-30,35-39,57H,9-13,15-19H2,(H,71,72)(H,73,74)(H,75,76)(H,77,78)(H,47,58,63)(H,48,59,64)(H,49,60,65)(H,50,61,66)(H,51,62,67)(H2,68,69,70)/t21-,22-,23-,24-,25-,26+,27+,28+,29+,30+,35+,36+,37+,38+,39+/m0/s1. The number of phosphoric acid groups is 5. The highest BCUT2D eigenvalue weighted by molar-refractivity contribution is 9.10. The van der Waals surface area contributed by atoms with E-state index in [4.69, 9.17) is 59.9 Å². The summed E-state index contributed by atoms with van der Waals surface area (Å²) >= 11 is 2.97. The van der Waals surface area contributed by atoms with E-state index < -0.39 is 246 Å². The molecule has 0 saturated carbocycles. The van der Waals surface area contributed by atoms with Crippen LogP contribution in [-0.2, 0) is 87.2 Å². The van der Waals surface area contributed by atoms with E-state index >= 15 is 0 Å². The lowest BCUT2D eigenvalue weighted by Gasteiger charge is -2.25. The number of phosphoric ester groups is 5. The number of aliphatic hydroxyl groups is 1. The van der Waals surface area contributed by atoms with Gasteiger partial charge in [0, 0.05) is 87.4 Å². The van der Waals surface area contributed by atoms with Gasteiger partial charge in [0.25, 0.3) is 27.8 Å². The van der Waals surface area contributed by atoms with E-state index in [-0.39, 0.29) is 10.9 Å². The number of aromatic nitrogens is 10. The molecule has 52 heteroatoms. The topological polar surface area (TPSA) is 630 Å². The highest BCUT2D eigenvalue weighted by Crippen LogP contribution is 2.55. The average molecular weight is 1550 g/mol. The third-order valence-electron chi connectivity index (χ3n) is 14.9. The molecule has 0 aliphatic carbocycles. The predicted molar refractivity (Wildman–Crippen MR) is 314 cm³/mol. The van der Waals surface area contributed by atoms with Crippen LogP contribution in [0.25, 0.3) is 0 Å². The highest BCUT2D eigenvalue weighted by Gasteiger charge is 2.50. The summed E-state index contributed by atoms with van der Waals surface area (Å²) in [6.45, 7) is -5.33. The molecule has 5 aromatic heterocycles. The monoisotopic (exact) mass is 1550 g/mol. The minimum absolute atomic E-state index is 0.243. The Kier molecular flexibility index (Phi) is 22.7. The summed E-state index contributed by atoms with van der Waals surface area (Å²) in [5.74, 6) is 0. The van der Waals surface area contributed by atoms with Crippen molar-refractivity contribution in [1.29, 1.82) is 0 Å². The largest absolute Gasteiger partial charge is 0.472 e. The Morgan fingerprint density at radius 3 is 0.948 bits per heavy atom. The minimum atomic E-state index is -5.63. The van der Waals surface area contributed by atoms with Crippen molar-refractivity contribution in [2.75, 3.05) is 33.0 Å². The number of H-pyrrole nitrogens is 5. The van der Waals surface area contributed by atoms with E-state index in [2.05, 4.69) is 20.5 Å². The second-order valence-corrected chi connectivity index (χ2v) is 29.2. The molecule has 4 unspecified atom stereocenters. The van der Waals surface area contributed by atoms with Crippen molar-refractivity contribution in [3.63, 3.8) is 0 Å². The van der Waals surface area contributed by atoms with Gasteiger partial charge in [-0.2, -0.15) is 0 Å². The van der Waals surface area contributed by atoms with Gasteiger partial charge in [-0.3, -0.25) is 112 Å². The second kappa shape index (κ2) is 29.8. The average Bonchev–Trinajstić information content (AvgIpc) is 1.69. The summed E-state index contributed by atoms with van der Waals surface area (Å²) in [5, 5.41) is 10.7. The number of nitrogens with zero attached hydrogens (tertiary/aromatic N) is 5. The van der Waals surface area contributed by atoms with Crippen LogP contribution in [0.4, 0.5) is 0 Å². The van der Waals surface area contributed by atoms with Crippen LogP contribution in [-0.4, -0.2) is 176 Å². The molecule has 0 radical (unpaired) electrons. The molecule has 0 spiro atoms. The third kappa shape index (κ3) is 19.0. The van der Waals surface area contributed by atoms with Crippen molar-refractivity contribution in [1.82, 2.24) is 47.8 Å². The summed E-state index contributed by atoms with van der Waals surface area (Å²) in [6, 6.07) is 3.71. The Balaban J connectivity index is 0.830. The summed E-state index contributed by atoms with van der Waals surface area (Å²) in [6.07, 6.45) is -21.7. The van der Waals surface area contributed by atoms with Crippen LogP contribution in [0.5, 0.6) is 0 Å². The number of halogens is 1. The molecular weight excluding hydrogens is 1490 g/mol. The SMILES string of the molecule is O=c1ccn([C@H]2C[C@H](OP(=O)(O)OC[C@H]3O[C@@H](n4ccc(=O)[nH]c4=O)C[C@@H]3OP(=O)(O)OC[C@H]3O[C@@H](n4cc(Br)c(=O)[nH]c4=O)C[C@@H]3OP(=O)(O)OC[C@H]3O[C@@H](n4ccc(=O)[nH]c4=O)C[C@@H]3OP(=O)(O)OC[C@H]3O[C@@H](n4ccc(=O)[nH]c4=O)C[C@@H]3O)[C@@H](COP(=O)(O)O)O2)c(=O)[nH]1. The van der Waals surface area contributed by atoms with Gasteiger partial charge in [-0.05, 0) is 15.9 Å². The number of hydrogen-bond acceptors (Lipinski definition) is 30. The molecule has 46 nitrogen and oxygen atoms in total. The molecule has 10 rings (SSSR count). The zero-order valence-electron chi connectivity index (χ0n) is 48.7. The summed E-state index contributed by atoms with van der Waals surface area (Å²) in [7, 11) is -27.3. The van der Waals surface area contributed by atoms with Gasteiger partial charge in [0.15, 0.2) is 0 Å². The fraction of sp³-hybridized carbons (Fsp3) is 0.556. The van der Waals surface area contributed by atoms with E-state index in [0.29, 0.717) is 0 Å². The molecule has 5 aromatic rings. The normalized spacial score (nSPS) is 30.0. The van der Waals surface area contributed by atoms with Gasteiger partial charge in [0.2, 0.25) is 0 Å². The van der Waals surface area contributed by atoms with Gasteiger partial charge in [-0.1, -0.05) is 0 Å². The number of ether oxygens (including phenoxy) is 5. The van der Waals surface area contributed by atoms with Crippen LogP contribution in [0.3, 0.4) is 0 Å².